The fourth-order valence-corrected chi connectivity index (χ4v) is 2.91. The van der Waals surface area contributed by atoms with Gasteiger partial charge >= 0.3 is 6.09 Å². The number of likely N-dealkylation sites (tertiary alicyclic amines) is 1. The Bertz CT molecular complexity index is 644. The smallest absolute Gasteiger partial charge is 0.417 e. The van der Waals surface area contributed by atoms with E-state index in [4.69, 9.17) is 0 Å². The van der Waals surface area contributed by atoms with Crippen LogP contribution in [0.3, 0.4) is 0 Å². The zero-order valence-corrected chi connectivity index (χ0v) is 12.8. The number of carbonyl (C=O) groups excluding carboxylic acids is 3. The molecule has 0 saturated carbocycles. The largest absolute Gasteiger partial charge is 0.439 e. The molecule has 0 radical (unpaired) electrons. The van der Waals surface area contributed by atoms with Crippen molar-refractivity contribution >= 4 is 17.9 Å². The molecule has 3 rings (SSSR count). The fourth-order valence-electron chi connectivity index (χ4n) is 2.91. The molecule has 2 saturated heterocycles. The van der Waals surface area contributed by atoms with Crippen LogP contribution in [0.4, 0.5) is 4.79 Å². The number of amides is 3. The van der Waals surface area contributed by atoms with Crippen LogP contribution in [-0.2, 0) is 16.6 Å². The molecule has 2 aliphatic heterocycles. The van der Waals surface area contributed by atoms with Crippen LogP contribution >= 0.6 is 0 Å². The van der Waals surface area contributed by atoms with Gasteiger partial charge in [-0.3, -0.25) is 14.3 Å². The zero-order valence-electron chi connectivity index (χ0n) is 12.8. The lowest BCUT2D eigenvalue weighted by atomic mass is 9.97. The minimum atomic E-state index is -0.589. The SMILES string of the molecule is Cc1nn(C)c(C)c1C(=O)N1CC(CN2C(=O)COC2=O)C1. The maximum atomic E-state index is 12.5. The molecule has 118 valence electrons. The highest BCUT2D eigenvalue weighted by atomic mass is 16.6. The number of carbonyl (C=O) groups is 3. The molecule has 0 spiro atoms. The number of rotatable bonds is 3. The lowest BCUT2D eigenvalue weighted by Crippen LogP contribution is -2.54. The normalized spacial score (nSPS) is 18.7. The van der Waals surface area contributed by atoms with Crippen LogP contribution in [0.2, 0.25) is 0 Å². The van der Waals surface area contributed by atoms with Crippen molar-refractivity contribution in [2.24, 2.45) is 13.0 Å². The summed E-state index contributed by atoms with van der Waals surface area (Å²) >= 11 is 0. The molecule has 0 unspecified atom stereocenters. The third-order valence-corrected chi connectivity index (χ3v) is 4.25. The van der Waals surface area contributed by atoms with Crippen molar-refractivity contribution in [3.63, 3.8) is 0 Å². The van der Waals surface area contributed by atoms with E-state index >= 15 is 0 Å². The minimum absolute atomic E-state index is 0.0466. The van der Waals surface area contributed by atoms with E-state index in [2.05, 4.69) is 9.84 Å². The topological polar surface area (TPSA) is 84.7 Å². The van der Waals surface area contributed by atoms with Gasteiger partial charge in [0.2, 0.25) is 0 Å². The van der Waals surface area contributed by atoms with E-state index in [0.29, 0.717) is 30.9 Å². The Kier molecular flexibility index (Phi) is 3.38. The van der Waals surface area contributed by atoms with Gasteiger partial charge in [0.05, 0.1) is 11.3 Å². The summed E-state index contributed by atoms with van der Waals surface area (Å²) < 4.78 is 6.36. The van der Waals surface area contributed by atoms with E-state index in [-0.39, 0.29) is 24.3 Å². The molecule has 0 bridgehead atoms. The molecule has 1 aromatic heterocycles. The monoisotopic (exact) mass is 306 g/mol. The van der Waals surface area contributed by atoms with Gasteiger partial charge in [0.1, 0.15) is 0 Å². The number of aryl methyl sites for hydroxylation is 2. The zero-order chi connectivity index (χ0) is 16.0. The maximum Gasteiger partial charge on any atom is 0.417 e. The third kappa shape index (κ3) is 2.24. The lowest BCUT2D eigenvalue weighted by Gasteiger charge is -2.40. The molecule has 0 aromatic carbocycles. The van der Waals surface area contributed by atoms with Gasteiger partial charge in [0.15, 0.2) is 6.61 Å². The Balaban J connectivity index is 1.60. The average molecular weight is 306 g/mol. The van der Waals surface area contributed by atoms with Crippen molar-refractivity contribution in [3.05, 3.63) is 17.0 Å². The standard InChI is InChI=1S/C14H18N4O4/c1-8-12(9(2)16(3)15-8)13(20)17-4-10(5-17)6-18-11(19)7-22-14(18)21/h10H,4-7H2,1-3H3. The van der Waals surface area contributed by atoms with Gasteiger partial charge < -0.3 is 9.64 Å². The predicted molar refractivity (Wildman–Crippen MR) is 75.1 cm³/mol. The van der Waals surface area contributed by atoms with E-state index in [0.717, 1.165) is 10.6 Å². The maximum absolute atomic E-state index is 12.5. The van der Waals surface area contributed by atoms with E-state index in [1.165, 1.54) is 0 Å². The number of cyclic esters (lactones) is 1. The van der Waals surface area contributed by atoms with Crippen molar-refractivity contribution in [1.29, 1.82) is 0 Å². The quantitative estimate of drug-likeness (QED) is 0.790. The number of imide groups is 1. The van der Waals surface area contributed by atoms with E-state index < -0.39 is 6.09 Å². The Labute approximate surface area is 127 Å². The predicted octanol–water partition coefficient (Wildman–Crippen LogP) is 0.0877. The van der Waals surface area contributed by atoms with Crippen molar-refractivity contribution < 1.29 is 19.1 Å². The highest BCUT2D eigenvalue weighted by molar-refractivity contribution is 5.98. The molecular weight excluding hydrogens is 288 g/mol. The van der Waals surface area contributed by atoms with Gasteiger partial charge in [-0.05, 0) is 13.8 Å². The van der Waals surface area contributed by atoms with E-state index in [1.807, 2.05) is 20.9 Å². The summed E-state index contributed by atoms with van der Waals surface area (Å²) in [5.74, 6) is -0.251. The summed E-state index contributed by atoms with van der Waals surface area (Å²) in [4.78, 5) is 38.2. The highest BCUT2D eigenvalue weighted by Gasteiger charge is 2.39. The summed E-state index contributed by atoms with van der Waals surface area (Å²) in [6.07, 6.45) is -0.589. The van der Waals surface area contributed by atoms with E-state index in [9.17, 15) is 14.4 Å². The summed E-state index contributed by atoms with van der Waals surface area (Å²) in [5.41, 5.74) is 2.19. The van der Waals surface area contributed by atoms with Crippen LogP contribution in [-0.4, -0.2) is 63.7 Å². The molecule has 2 aliphatic rings. The number of nitrogens with zero attached hydrogens (tertiary/aromatic N) is 4. The molecule has 2 fully saturated rings. The molecule has 0 atom stereocenters. The molecular formula is C14H18N4O4. The van der Waals surface area contributed by atoms with Gasteiger partial charge in [-0.25, -0.2) is 9.69 Å². The second-order valence-corrected chi connectivity index (χ2v) is 5.80. The lowest BCUT2D eigenvalue weighted by molar-refractivity contribution is -0.126. The van der Waals surface area contributed by atoms with Crippen molar-refractivity contribution in [2.45, 2.75) is 13.8 Å². The minimum Gasteiger partial charge on any atom is -0.439 e. The molecule has 8 heteroatoms. The molecule has 22 heavy (non-hydrogen) atoms. The second kappa shape index (κ2) is 5.11. The van der Waals surface area contributed by atoms with Crippen LogP contribution in [0.15, 0.2) is 0 Å². The summed E-state index contributed by atoms with van der Waals surface area (Å²) in [6, 6.07) is 0. The van der Waals surface area contributed by atoms with Crippen molar-refractivity contribution in [2.75, 3.05) is 26.2 Å². The van der Waals surface area contributed by atoms with Crippen LogP contribution in [0.1, 0.15) is 21.7 Å². The summed E-state index contributed by atoms with van der Waals surface area (Å²) in [7, 11) is 1.81. The number of ether oxygens (including phenoxy) is 1. The van der Waals surface area contributed by atoms with E-state index in [1.54, 1.807) is 9.58 Å². The molecule has 3 amide bonds. The van der Waals surface area contributed by atoms with Gasteiger partial charge in [-0.15, -0.1) is 0 Å². The van der Waals surface area contributed by atoms with Gasteiger partial charge in [-0.2, -0.15) is 5.10 Å². The van der Waals surface area contributed by atoms with Gasteiger partial charge in [-0.1, -0.05) is 0 Å². The van der Waals surface area contributed by atoms with Crippen LogP contribution < -0.4 is 0 Å². The first-order valence-electron chi connectivity index (χ1n) is 7.15. The Morgan fingerprint density at radius 1 is 1.32 bits per heavy atom. The summed E-state index contributed by atoms with van der Waals surface area (Å²) in [5, 5.41) is 4.25. The first kappa shape index (κ1) is 14.6. The summed E-state index contributed by atoms with van der Waals surface area (Å²) in [6.45, 7) is 4.88. The van der Waals surface area contributed by atoms with Crippen LogP contribution in [0.5, 0.6) is 0 Å². The fraction of sp³-hybridized carbons (Fsp3) is 0.571. The first-order valence-corrected chi connectivity index (χ1v) is 7.15. The number of hydrogen-bond donors (Lipinski definition) is 0. The Morgan fingerprint density at radius 2 is 2.00 bits per heavy atom. The molecule has 1 aromatic rings. The van der Waals surface area contributed by atoms with Crippen molar-refractivity contribution in [1.82, 2.24) is 19.6 Å². The van der Waals surface area contributed by atoms with Crippen LogP contribution in [0, 0.1) is 19.8 Å². The third-order valence-electron chi connectivity index (χ3n) is 4.25. The van der Waals surface area contributed by atoms with Gasteiger partial charge in [0, 0.05) is 38.3 Å². The van der Waals surface area contributed by atoms with Crippen LogP contribution in [0.25, 0.3) is 0 Å². The second-order valence-electron chi connectivity index (χ2n) is 5.80. The Hall–Kier alpha value is -2.38. The molecule has 8 nitrogen and oxygen atoms in total. The number of aromatic nitrogens is 2. The Morgan fingerprint density at radius 3 is 2.50 bits per heavy atom. The first-order chi connectivity index (χ1) is 10.4. The van der Waals surface area contributed by atoms with Gasteiger partial charge in [0.25, 0.3) is 11.8 Å². The molecule has 0 N–H and O–H groups in total. The molecule has 3 heterocycles. The van der Waals surface area contributed by atoms with Crippen molar-refractivity contribution in [3.8, 4) is 0 Å². The number of hydrogen-bond acceptors (Lipinski definition) is 5. The average Bonchev–Trinajstić information content (AvgIpc) is 2.85. The highest BCUT2D eigenvalue weighted by Crippen LogP contribution is 2.23. The molecule has 0 aliphatic carbocycles.